The summed E-state index contributed by atoms with van der Waals surface area (Å²) in [5, 5.41) is 6.69. The van der Waals surface area contributed by atoms with Crippen LogP contribution in [-0.2, 0) is 17.9 Å². The summed E-state index contributed by atoms with van der Waals surface area (Å²) >= 11 is 0. The highest BCUT2D eigenvalue weighted by molar-refractivity contribution is 14.0. The van der Waals surface area contributed by atoms with Crippen LogP contribution >= 0.6 is 24.0 Å². The second-order valence-corrected chi connectivity index (χ2v) is 8.21. The fourth-order valence-corrected chi connectivity index (χ4v) is 4.06. The zero-order valence-corrected chi connectivity index (χ0v) is 21.5. The molecule has 1 heterocycles. The highest BCUT2D eigenvalue weighted by atomic mass is 127. The Labute approximate surface area is 208 Å². The summed E-state index contributed by atoms with van der Waals surface area (Å²) in [4.78, 5) is 23.2. The lowest BCUT2D eigenvalue weighted by Crippen LogP contribution is -2.49. The number of guanidine groups is 1. The molecule has 1 amide bonds. The van der Waals surface area contributed by atoms with Crippen molar-refractivity contribution in [1.82, 2.24) is 20.5 Å². The van der Waals surface area contributed by atoms with Crippen molar-refractivity contribution in [2.24, 2.45) is 10.4 Å². The summed E-state index contributed by atoms with van der Waals surface area (Å²) in [7, 11) is 5.39. The lowest BCUT2D eigenvalue weighted by Gasteiger charge is -2.31. The standard InChI is InChI=1S/C24H33N5O2.HI/c1-25-23(28-18-24(13-7-8-14-24)22(30)29(2)3)27-16-20-12-9-15-26-21(20)31-17-19-10-5-4-6-11-19;/h4-6,9-12,15H,7-8,13-14,16-18H2,1-3H3,(H2,25,27,28);1H. The smallest absolute Gasteiger partial charge is 0.230 e. The third-order valence-electron chi connectivity index (χ3n) is 5.75. The van der Waals surface area contributed by atoms with Crippen LogP contribution in [0.3, 0.4) is 0 Å². The third-order valence-corrected chi connectivity index (χ3v) is 5.75. The maximum atomic E-state index is 12.8. The van der Waals surface area contributed by atoms with E-state index < -0.39 is 0 Å². The molecular formula is C24H34IN5O2. The van der Waals surface area contributed by atoms with Crippen LogP contribution in [0.2, 0.25) is 0 Å². The maximum Gasteiger partial charge on any atom is 0.230 e. The topological polar surface area (TPSA) is 78.9 Å². The molecule has 0 bridgehead atoms. The minimum Gasteiger partial charge on any atom is -0.473 e. The van der Waals surface area contributed by atoms with E-state index in [2.05, 4.69) is 20.6 Å². The molecule has 0 atom stereocenters. The van der Waals surface area contributed by atoms with Crippen molar-refractivity contribution >= 4 is 35.8 Å². The Morgan fingerprint density at radius 1 is 1.12 bits per heavy atom. The third kappa shape index (κ3) is 6.82. The number of nitrogens with zero attached hydrogens (tertiary/aromatic N) is 3. The summed E-state index contributed by atoms with van der Waals surface area (Å²) in [5.74, 6) is 1.46. The molecule has 1 aromatic carbocycles. The van der Waals surface area contributed by atoms with E-state index in [1.54, 1.807) is 18.1 Å². The molecule has 0 saturated heterocycles. The van der Waals surface area contributed by atoms with Gasteiger partial charge in [-0.25, -0.2) is 4.98 Å². The molecule has 1 aliphatic rings. The minimum atomic E-state index is -0.348. The van der Waals surface area contributed by atoms with E-state index in [0.717, 1.165) is 36.8 Å². The number of amides is 1. The first kappa shape index (κ1) is 25.9. The normalized spacial score (nSPS) is 14.9. The molecule has 0 spiro atoms. The molecule has 1 aliphatic carbocycles. The van der Waals surface area contributed by atoms with Crippen molar-refractivity contribution in [3.63, 3.8) is 0 Å². The molecule has 174 valence electrons. The van der Waals surface area contributed by atoms with E-state index in [0.29, 0.717) is 31.5 Å². The molecular weight excluding hydrogens is 517 g/mol. The van der Waals surface area contributed by atoms with Crippen molar-refractivity contribution in [3.05, 3.63) is 59.8 Å². The fourth-order valence-electron chi connectivity index (χ4n) is 4.06. The van der Waals surface area contributed by atoms with Gasteiger partial charge in [-0.15, -0.1) is 24.0 Å². The van der Waals surface area contributed by atoms with E-state index in [-0.39, 0.29) is 35.3 Å². The van der Waals surface area contributed by atoms with Gasteiger partial charge in [0.05, 0.1) is 5.41 Å². The number of pyridine rings is 1. The molecule has 2 N–H and O–H groups in total. The van der Waals surface area contributed by atoms with Crippen LogP contribution in [0.4, 0.5) is 0 Å². The van der Waals surface area contributed by atoms with Gasteiger partial charge in [0.1, 0.15) is 6.61 Å². The molecule has 0 radical (unpaired) electrons. The van der Waals surface area contributed by atoms with Crippen molar-refractivity contribution < 1.29 is 9.53 Å². The SMILES string of the molecule is CN=C(NCc1cccnc1OCc1ccccc1)NCC1(C(=O)N(C)C)CCCC1.I. The molecule has 1 aromatic heterocycles. The number of nitrogens with one attached hydrogen (secondary N) is 2. The van der Waals surface area contributed by atoms with Gasteiger partial charge in [0, 0.05) is 46.0 Å². The Kier molecular flexibility index (Phi) is 10.2. The van der Waals surface area contributed by atoms with E-state index in [9.17, 15) is 4.79 Å². The molecule has 1 fully saturated rings. The van der Waals surface area contributed by atoms with Crippen molar-refractivity contribution in [2.45, 2.75) is 38.8 Å². The Balaban J connectivity index is 0.00000363. The lowest BCUT2D eigenvalue weighted by atomic mass is 9.84. The number of halogens is 1. The summed E-state index contributed by atoms with van der Waals surface area (Å²) in [6, 6.07) is 13.9. The van der Waals surface area contributed by atoms with Gasteiger partial charge in [-0.1, -0.05) is 49.2 Å². The number of rotatable bonds is 8. The zero-order chi connectivity index (χ0) is 22.1. The van der Waals surface area contributed by atoms with Crippen LogP contribution in [0.15, 0.2) is 53.7 Å². The van der Waals surface area contributed by atoms with Gasteiger partial charge in [-0.2, -0.15) is 0 Å². The average molecular weight is 551 g/mol. The summed E-state index contributed by atoms with van der Waals surface area (Å²) in [6.07, 6.45) is 5.73. The van der Waals surface area contributed by atoms with Crippen molar-refractivity contribution in [3.8, 4) is 5.88 Å². The first-order chi connectivity index (χ1) is 15.0. The number of carbonyl (C=O) groups excluding carboxylic acids is 1. The van der Waals surface area contributed by atoms with Gasteiger partial charge in [-0.05, 0) is 24.5 Å². The van der Waals surface area contributed by atoms with Crippen LogP contribution in [-0.4, -0.2) is 49.4 Å². The molecule has 0 aliphatic heterocycles. The molecule has 8 heteroatoms. The fraction of sp³-hybridized carbons (Fsp3) is 0.458. The molecule has 1 saturated carbocycles. The summed E-state index contributed by atoms with van der Waals surface area (Å²) < 4.78 is 5.94. The first-order valence-electron chi connectivity index (χ1n) is 10.8. The van der Waals surface area contributed by atoms with Crippen LogP contribution in [0.5, 0.6) is 5.88 Å². The van der Waals surface area contributed by atoms with Gasteiger partial charge in [-0.3, -0.25) is 9.79 Å². The minimum absolute atomic E-state index is 0. The van der Waals surface area contributed by atoms with Crippen molar-refractivity contribution in [1.29, 1.82) is 0 Å². The summed E-state index contributed by atoms with van der Waals surface area (Å²) in [6.45, 7) is 1.56. The second kappa shape index (κ2) is 12.6. The number of aliphatic imine (C=N–C) groups is 1. The average Bonchev–Trinajstić information content (AvgIpc) is 3.28. The predicted octanol–water partition coefficient (Wildman–Crippen LogP) is 3.59. The number of aromatic nitrogens is 1. The van der Waals surface area contributed by atoms with Crippen LogP contribution in [0.1, 0.15) is 36.8 Å². The van der Waals surface area contributed by atoms with Gasteiger partial charge in [0.25, 0.3) is 0 Å². The van der Waals surface area contributed by atoms with E-state index >= 15 is 0 Å². The molecule has 2 aromatic rings. The number of hydrogen-bond donors (Lipinski definition) is 2. The Morgan fingerprint density at radius 3 is 2.50 bits per heavy atom. The quantitative estimate of drug-likeness (QED) is 0.298. The van der Waals surface area contributed by atoms with Crippen LogP contribution < -0.4 is 15.4 Å². The van der Waals surface area contributed by atoms with E-state index in [1.807, 2.05) is 56.6 Å². The summed E-state index contributed by atoms with van der Waals surface area (Å²) in [5.41, 5.74) is 1.69. The maximum absolute atomic E-state index is 12.8. The molecule has 3 rings (SSSR count). The van der Waals surface area contributed by atoms with E-state index in [1.165, 1.54) is 0 Å². The van der Waals surface area contributed by atoms with E-state index in [4.69, 9.17) is 4.74 Å². The first-order valence-corrected chi connectivity index (χ1v) is 10.8. The number of carbonyl (C=O) groups is 1. The van der Waals surface area contributed by atoms with Crippen LogP contribution in [0, 0.1) is 5.41 Å². The van der Waals surface area contributed by atoms with Crippen molar-refractivity contribution in [2.75, 3.05) is 27.7 Å². The molecule has 7 nitrogen and oxygen atoms in total. The molecule has 0 unspecified atom stereocenters. The second-order valence-electron chi connectivity index (χ2n) is 8.21. The monoisotopic (exact) mass is 551 g/mol. The Bertz CT molecular complexity index is 883. The van der Waals surface area contributed by atoms with Gasteiger partial charge in [0.2, 0.25) is 11.8 Å². The van der Waals surface area contributed by atoms with Gasteiger partial charge < -0.3 is 20.3 Å². The molecule has 32 heavy (non-hydrogen) atoms. The number of benzene rings is 1. The highest BCUT2D eigenvalue weighted by Crippen LogP contribution is 2.38. The number of hydrogen-bond acceptors (Lipinski definition) is 4. The Hall–Kier alpha value is -2.36. The highest BCUT2D eigenvalue weighted by Gasteiger charge is 2.42. The predicted molar refractivity (Wildman–Crippen MR) is 138 cm³/mol. The zero-order valence-electron chi connectivity index (χ0n) is 19.1. The lowest BCUT2D eigenvalue weighted by molar-refractivity contribution is -0.138. The Morgan fingerprint density at radius 2 is 1.84 bits per heavy atom. The van der Waals surface area contributed by atoms with Crippen LogP contribution in [0.25, 0.3) is 0 Å². The van der Waals surface area contributed by atoms with Gasteiger partial charge in [0.15, 0.2) is 5.96 Å². The van der Waals surface area contributed by atoms with Gasteiger partial charge >= 0.3 is 0 Å². The largest absolute Gasteiger partial charge is 0.473 e. The number of ether oxygens (including phenoxy) is 1.